The number of benzene rings is 1. The van der Waals surface area contributed by atoms with Gasteiger partial charge in [-0.1, -0.05) is 17.8 Å². The lowest BCUT2D eigenvalue weighted by atomic mass is 9.72. The lowest BCUT2D eigenvalue weighted by Gasteiger charge is -2.49. The van der Waals surface area contributed by atoms with Crippen molar-refractivity contribution in [3.05, 3.63) is 53.4 Å². The smallest absolute Gasteiger partial charge is 0.155 e. The maximum atomic E-state index is 14.7. The van der Waals surface area contributed by atoms with Crippen molar-refractivity contribution in [3.8, 4) is 0 Å². The van der Waals surface area contributed by atoms with Gasteiger partial charge in [0.15, 0.2) is 5.17 Å². The number of aryl methyl sites for hydroxylation is 1. The molecule has 27 heavy (non-hydrogen) atoms. The number of amidine groups is 1. The fourth-order valence-electron chi connectivity index (χ4n) is 4.02. The van der Waals surface area contributed by atoms with Crippen LogP contribution in [0.25, 0.3) is 0 Å². The largest absolute Gasteiger partial charge is 0.379 e. The van der Waals surface area contributed by atoms with Crippen molar-refractivity contribution in [3.63, 3.8) is 0 Å². The number of aromatic nitrogens is 2. The van der Waals surface area contributed by atoms with Crippen molar-refractivity contribution in [2.45, 2.75) is 23.3 Å². The Morgan fingerprint density at radius 2 is 2.22 bits per heavy atom. The first kappa shape index (κ1) is 18.4. The van der Waals surface area contributed by atoms with Gasteiger partial charge in [-0.2, -0.15) is 5.10 Å². The molecule has 1 fully saturated rings. The molecule has 3 heterocycles. The molecule has 1 unspecified atom stereocenters. The highest BCUT2D eigenvalue weighted by Gasteiger charge is 2.53. The molecule has 2 aliphatic rings. The average molecular weight is 396 g/mol. The second-order valence-corrected chi connectivity index (χ2v) is 8.16. The summed E-state index contributed by atoms with van der Waals surface area (Å²) >= 11 is 1.16. The predicted molar refractivity (Wildman–Crippen MR) is 97.0 cm³/mol. The van der Waals surface area contributed by atoms with E-state index in [-0.39, 0.29) is 29.4 Å². The van der Waals surface area contributed by atoms with Crippen LogP contribution in [0.5, 0.6) is 0 Å². The van der Waals surface area contributed by atoms with Gasteiger partial charge in [0.2, 0.25) is 0 Å². The van der Waals surface area contributed by atoms with E-state index >= 15 is 0 Å². The first-order valence-corrected chi connectivity index (χ1v) is 9.44. The zero-order valence-electron chi connectivity index (χ0n) is 14.6. The van der Waals surface area contributed by atoms with Gasteiger partial charge in [0, 0.05) is 41.6 Å². The second kappa shape index (κ2) is 6.87. The third kappa shape index (κ3) is 3.12. The molecular formula is C18H19F3N4OS. The monoisotopic (exact) mass is 396 g/mol. The molecule has 0 radical (unpaired) electrons. The van der Waals surface area contributed by atoms with Gasteiger partial charge in [0.25, 0.3) is 0 Å². The summed E-state index contributed by atoms with van der Waals surface area (Å²) in [7, 11) is 1.80. The van der Waals surface area contributed by atoms with Crippen LogP contribution in [0, 0.1) is 17.6 Å². The van der Waals surface area contributed by atoms with Crippen LogP contribution in [0.4, 0.5) is 13.2 Å². The number of halogens is 3. The van der Waals surface area contributed by atoms with Crippen molar-refractivity contribution < 1.29 is 17.9 Å². The number of nitrogens with zero attached hydrogens (tertiary/aromatic N) is 3. The Morgan fingerprint density at radius 3 is 2.89 bits per heavy atom. The number of thioether (sulfide) groups is 1. The molecule has 0 saturated carbocycles. The van der Waals surface area contributed by atoms with Crippen molar-refractivity contribution in [2.24, 2.45) is 23.7 Å². The van der Waals surface area contributed by atoms with Crippen LogP contribution in [-0.4, -0.2) is 33.5 Å². The first-order valence-electron chi connectivity index (χ1n) is 8.56. The molecule has 2 N–H and O–H groups in total. The highest BCUT2D eigenvalue weighted by Crippen LogP contribution is 2.52. The van der Waals surface area contributed by atoms with E-state index in [9.17, 15) is 13.2 Å². The van der Waals surface area contributed by atoms with Crippen molar-refractivity contribution in [1.29, 1.82) is 0 Å². The third-order valence-corrected chi connectivity index (χ3v) is 6.35. The second-order valence-electron chi connectivity index (χ2n) is 6.90. The summed E-state index contributed by atoms with van der Waals surface area (Å²) in [6.45, 7) is -0.604. The van der Waals surface area contributed by atoms with E-state index in [1.54, 1.807) is 17.9 Å². The number of hydrogen-bond donors (Lipinski definition) is 1. The lowest BCUT2D eigenvalue weighted by molar-refractivity contribution is -0.0665. The fraction of sp³-hybridized carbons (Fsp3) is 0.444. The number of alkyl halides is 1. The normalized spacial score (nSPS) is 30.7. The van der Waals surface area contributed by atoms with Gasteiger partial charge < -0.3 is 10.5 Å². The zero-order chi connectivity index (χ0) is 19.2. The SMILES string of the molecule is Cn1cc([C@H]2C[C@H]3C(CF)SC(N)=N[C@@]3(c3ccc(F)cc3F)CO2)cn1. The van der Waals surface area contributed by atoms with Crippen LogP contribution in [0.1, 0.15) is 23.7 Å². The van der Waals surface area contributed by atoms with Gasteiger partial charge in [0.05, 0.1) is 18.9 Å². The van der Waals surface area contributed by atoms with Crippen LogP contribution in [0.2, 0.25) is 0 Å². The number of rotatable bonds is 3. The maximum absolute atomic E-state index is 14.7. The molecule has 2 aromatic rings. The minimum Gasteiger partial charge on any atom is -0.379 e. The quantitative estimate of drug-likeness (QED) is 0.866. The summed E-state index contributed by atoms with van der Waals surface area (Å²) in [5.74, 6) is -1.78. The highest BCUT2D eigenvalue weighted by molar-refractivity contribution is 8.14. The van der Waals surface area contributed by atoms with E-state index in [2.05, 4.69) is 10.1 Å². The van der Waals surface area contributed by atoms with Gasteiger partial charge in [-0.25, -0.2) is 18.2 Å². The molecule has 0 amide bonds. The summed E-state index contributed by atoms with van der Waals surface area (Å²) in [6.07, 6.45) is 3.67. The van der Waals surface area contributed by atoms with E-state index in [1.165, 1.54) is 12.1 Å². The van der Waals surface area contributed by atoms with Crippen LogP contribution in [0.15, 0.2) is 35.6 Å². The molecule has 0 spiro atoms. The summed E-state index contributed by atoms with van der Waals surface area (Å²) in [5.41, 5.74) is 5.81. The Balaban J connectivity index is 1.78. The van der Waals surface area contributed by atoms with Gasteiger partial charge in [-0.05, 0) is 12.5 Å². The number of fused-ring (bicyclic) bond motifs is 1. The summed E-state index contributed by atoms with van der Waals surface area (Å²) < 4.78 is 49.7. The summed E-state index contributed by atoms with van der Waals surface area (Å²) in [6, 6.07) is 3.34. The standard InChI is InChI=1S/C18H19F3N4OS/c1-25-8-10(7-23-25)15-5-13-16(6-19)27-17(22)24-18(13,9-26-15)12-3-2-11(20)4-14(12)21/h2-4,7-8,13,15-16H,5-6,9H2,1H3,(H2,22,24)/t13-,15+,16?,18+/m0/s1. The number of nitrogens with two attached hydrogens (primary N) is 1. The molecule has 9 heteroatoms. The molecule has 144 valence electrons. The Morgan fingerprint density at radius 1 is 1.41 bits per heavy atom. The van der Waals surface area contributed by atoms with Gasteiger partial charge in [-0.15, -0.1) is 0 Å². The minimum absolute atomic E-state index is 0.0253. The molecule has 5 nitrogen and oxygen atoms in total. The Bertz CT molecular complexity index is 889. The van der Waals surface area contributed by atoms with Crippen molar-refractivity contribution in [1.82, 2.24) is 9.78 Å². The van der Waals surface area contributed by atoms with Crippen LogP contribution in [0.3, 0.4) is 0 Å². The van der Waals surface area contributed by atoms with Crippen LogP contribution < -0.4 is 5.73 Å². The summed E-state index contributed by atoms with van der Waals surface area (Å²) in [5, 5.41) is 3.85. The van der Waals surface area contributed by atoms with Crippen LogP contribution in [-0.2, 0) is 17.3 Å². The van der Waals surface area contributed by atoms with Crippen molar-refractivity contribution >= 4 is 16.9 Å². The van der Waals surface area contributed by atoms with Gasteiger partial charge in [0.1, 0.15) is 23.8 Å². The molecule has 0 aliphatic carbocycles. The molecule has 1 saturated heterocycles. The Hall–Kier alpha value is -2.00. The Labute approximate surface area is 158 Å². The Kier molecular flexibility index (Phi) is 4.67. The molecule has 4 atom stereocenters. The van der Waals surface area contributed by atoms with Gasteiger partial charge in [-0.3, -0.25) is 4.68 Å². The molecule has 0 bridgehead atoms. The zero-order valence-corrected chi connectivity index (χ0v) is 15.4. The van der Waals surface area contributed by atoms with E-state index in [0.29, 0.717) is 6.42 Å². The topological polar surface area (TPSA) is 65.4 Å². The molecule has 1 aromatic heterocycles. The van der Waals surface area contributed by atoms with E-state index in [4.69, 9.17) is 10.5 Å². The third-order valence-electron chi connectivity index (χ3n) is 5.26. The van der Waals surface area contributed by atoms with Crippen LogP contribution >= 0.6 is 11.8 Å². The molecule has 2 aliphatic heterocycles. The fourth-order valence-corrected chi connectivity index (χ4v) is 5.11. The lowest BCUT2D eigenvalue weighted by Crippen LogP contribution is -2.52. The number of ether oxygens (including phenoxy) is 1. The molecule has 1 aromatic carbocycles. The molecule has 4 rings (SSSR count). The highest BCUT2D eigenvalue weighted by atomic mass is 32.2. The average Bonchev–Trinajstić information content (AvgIpc) is 3.06. The van der Waals surface area contributed by atoms with Gasteiger partial charge >= 0.3 is 0 Å². The first-order chi connectivity index (χ1) is 12.9. The van der Waals surface area contributed by atoms with Crippen molar-refractivity contribution in [2.75, 3.05) is 13.3 Å². The number of hydrogen-bond acceptors (Lipinski definition) is 5. The minimum atomic E-state index is -1.18. The molecular weight excluding hydrogens is 377 g/mol. The number of aliphatic imine (C=N–C) groups is 1. The predicted octanol–water partition coefficient (Wildman–Crippen LogP) is 3.07. The summed E-state index contributed by atoms with van der Waals surface area (Å²) in [4.78, 5) is 4.51. The van der Waals surface area contributed by atoms with E-state index in [0.717, 1.165) is 23.4 Å². The van der Waals surface area contributed by atoms with E-state index in [1.807, 2.05) is 6.20 Å². The van der Waals surface area contributed by atoms with E-state index < -0.39 is 29.1 Å². The maximum Gasteiger partial charge on any atom is 0.155 e.